The summed E-state index contributed by atoms with van der Waals surface area (Å²) in [5, 5.41) is 5.98. The molecule has 0 unspecified atom stereocenters. The van der Waals surface area contributed by atoms with Gasteiger partial charge in [0.25, 0.3) is 0 Å². The average molecular weight is 182 g/mol. The van der Waals surface area contributed by atoms with Crippen LogP contribution in [-0.2, 0) is 4.79 Å². The summed E-state index contributed by atoms with van der Waals surface area (Å²) >= 11 is 0. The highest BCUT2D eigenvalue weighted by atomic mass is 16.1. The Kier molecular flexibility index (Phi) is 2.54. The third kappa shape index (κ3) is 1.85. The average Bonchev–Trinajstić information content (AvgIpc) is 2.65. The molecular weight excluding hydrogens is 164 g/mol. The normalized spacial score (nSPS) is 36.5. The molecule has 2 saturated carbocycles. The van der Waals surface area contributed by atoms with Crippen molar-refractivity contribution in [1.29, 1.82) is 0 Å². The molecule has 2 rings (SSSR count). The first-order valence-electron chi connectivity index (χ1n) is 5.23. The monoisotopic (exact) mass is 182 g/mol. The number of carbonyl (C=O) groups excluding carboxylic acids is 1. The number of fused-ring (bicyclic) bond motifs is 2. The Labute approximate surface area is 79.3 Å². The summed E-state index contributed by atoms with van der Waals surface area (Å²) < 4.78 is 0. The second kappa shape index (κ2) is 3.66. The zero-order chi connectivity index (χ0) is 9.26. The van der Waals surface area contributed by atoms with Crippen LogP contribution in [0.1, 0.15) is 25.7 Å². The van der Waals surface area contributed by atoms with Crippen molar-refractivity contribution in [3.05, 3.63) is 0 Å². The minimum absolute atomic E-state index is 0.153. The first kappa shape index (κ1) is 9.00. The Bertz CT molecular complexity index is 205. The second-order valence-corrected chi connectivity index (χ2v) is 4.38. The fourth-order valence-electron chi connectivity index (χ4n) is 2.84. The number of nitrogens with one attached hydrogen (secondary N) is 2. The summed E-state index contributed by atoms with van der Waals surface area (Å²) in [5.41, 5.74) is 0. The lowest BCUT2D eigenvalue weighted by atomic mass is 9.95. The standard InChI is InChI=1S/C10H18N2O/c1-11-6-10(13)12-9-5-7-2-3-8(9)4-7/h7-9,11H,2-6H2,1H3,(H,12,13)/t7-,8-,9-/m0/s1. The minimum atomic E-state index is 0.153. The summed E-state index contributed by atoms with van der Waals surface area (Å²) in [6, 6.07) is 0.486. The molecule has 2 aliphatic rings. The van der Waals surface area contributed by atoms with Crippen molar-refractivity contribution in [2.75, 3.05) is 13.6 Å². The van der Waals surface area contributed by atoms with E-state index in [1.165, 1.54) is 25.7 Å². The van der Waals surface area contributed by atoms with Gasteiger partial charge in [-0.1, -0.05) is 6.42 Å². The maximum atomic E-state index is 11.3. The highest BCUT2D eigenvalue weighted by Gasteiger charge is 2.39. The molecule has 2 N–H and O–H groups in total. The van der Waals surface area contributed by atoms with E-state index in [1.807, 2.05) is 0 Å². The van der Waals surface area contributed by atoms with Crippen molar-refractivity contribution in [1.82, 2.24) is 10.6 Å². The molecule has 0 aliphatic heterocycles. The third-order valence-corrected chi connectivity index (χ3v) is 3.42. The molecule has 1 amide bonds. The number of amides is 1. The van der Waals surface area contributed by atoms with E-state index < -0.39 is 0 Å². The van der Waals surface area contributed by atoms with Crippen LogP contribution in [0, 0.1) is 11.8 Å². The highest BCUT2D eigenvalue weighted by molar-refractivity contribution is 5.78. The van der Waals surface area contributed by atoms with Crippen molar-refractivity contribution in [2.45, 2.75) is 31.7 Å². The lowest BCUT2D eigenvalue weighted by Crippen LogP contribution is -2.42. The first-order valence-corrected chi connectivity index (χ1v) is 5.23. The van der Waals surface area contributed by atoms with Crippen LogP contribution < -0.4 is 10.6 Å². The van der Waals surface area contributed by atoms with Gasteiger partial charge in [-0.05, 0) is 38.1 Å². The van der Waals surface area contributed by atoms with Gasteiger partial charge in [0.2, 0.25) is 5.91 Å². The Morgan fingerprint density at radius 2 is 2.23 bits per heavy atom. The molecule has 0 aromatic heterocycles. The van der Waals surface area contributed by atoms with Crippen molar-refractivity contribution in [3.63, 3.8) is 0 Å². The topological polar surface area (TPSA) is 41.1 Å². The van der Waals surface area contributed by atoms with Gasteiger partial charge in [0.1, 0.15) is 0 Å². The lowest BCUT2D eigenvalue weighted by Gasteiger charge is -2.22. The van der Waals surface area contributed by atoms with Gasteiger partial charge < -0.3 is 10.6 Å². The molecule has 0 aromatic carbocycles. The van der Waals surface area contributed by atoms with Crippen LogP contribution in [0.2, 0.25) is 0 Å². The number of rotatable bonds is 3. The minimum Gasteiger partial charge on any atom is -0.352 e. The number of hydrogen-bond acceptors (Lipinski definition) is 2. The molecule has 0 spiro atoms. The molecule has 0 aromatic rings. The smallest absolute Gasteiger partial charge is 0.234 e. The number of carbonyl (C=O) groups is 1. The maximum absolute atomic E-state index is 11.3. The summed E-state index contributed by atoms with van der Waals surface area (Å²) in [6.45, 7) is 0.452. The van der Waals surface area contributed by atoms with Crippen LogP contribution in [0.25, 0.3) is 0 Å². The van der Waals surface area contributed by atoms with Crippen LogP contribution in [0.4, 0.5) is 0 Å². The largest absolute Gasteiger partial charge is 0.352 e. The van der Waals surface area contributed by atoms with E-state index in [9.17, 15) is 4.79 Å². The summed E-state index contributed by atoms with van der Waals surface area (Å²) in [4.78, 5) is 11.3. The molecule has 3 atom stereocenters. The summed E-state index contributed by atoms with van der Waals surface area (Å²) in [7, 11) is 1.81. The Morgan fingerprint density at radius 1 is 1.38 bits per heavy atom. The fourth-order valence-corrected chi connectivity index (χ4v) is 2.84. The molecule has 2 fully saturated rings. The van der Waals surface area contributed by atoms with Gasteiger partial charge >= 0.3 is 0 Å². The summed E-state index contributed by atoms with van der Waals surface area (Å²) in [6.07, 6.45) is 5.29. The molecule has 3 heteroatoms. The van der Waals surface area contributed by atoms with Crippen LogP contribution in [0.5, 0.6) is 0 Å². The van der Waals surface area contributed by atoms with E-state index >= 15 is 0 Å². The fraction of sp³-hybridized carbons (Fsp3) is 0.900. The predicted octanol–water partition coefficient (Wildman–Crippen LogP) is 0.511. The molecule has 2 bridgehead atoms. The van der Waals surface area contributed by atoms with Crippen LogP contribution >= 0.6 is 0 Å². The van der Waals surface area contributed by atoms with Gasteiger partial charge in [0.15, 0.2) is 0 Å². The van der Waals surface area contributed by atoms with Crippen LogP contribution in [0.3, 0.4) is 0 Å². The van der Waals surface area contributed by atoms with E-state index in [-0.39, 0.29) is 5.91 Å². The van der Waals surface area contributed by atoms with Gasteiger partial charge in [-0.25, -0.2) is 0 Å². The van der Waals surface area contributed by atoms with E-state index in [0.29, 0.717) is 12.6 Å². The first-order chi connectivity index (χ1) is 6.29. The van der Waals surface area contributed by atoms with Crippen molar-refractivity contribution >= 4 is 5.91 Å². The van der Waals surface area contributed by atoms with Gasteiger partial charge in [-0.15, -0.1) is 0 Å². The lowest BCUT2D eigenvalue weighted by molar-refractivity contribution is -0.121. The maximum Gasteiger partial charge on any atom is 0.234 e. The Hall–Kier alpha value is -0.570. The van der Waals surface area contributed by atoms with Crippen molar-refractivity contribution in [3.8, 4) is 0 Å². The Balaban J connectivity index is 1.79. The van der Waals surface area contributed by atoms with Crippen LogP contribution in [0.15, 0.2) is 0 Å². The van der Waals surface area contributed by atoms with E-state index in [2.05, 4.69) is 10.6 Å². The molecular formula is C10H18N2O. The van der Waals surface area contributed by atoms with Crippen molar-refractivity contribution < 1.29 is 4.79 Å². The molecule has 2 aliphatic carbocycles. The highest BCUT2D eigenvalue weighted by Crippen LogP contribution is 2.44. The van der Waals surface area contributed by atoms with Crippen molar-refractivity contribution in [2.24, 2.45) is 11.8 Å². The molecule has 3 nitrogen and oxygen atoms in total. The van der Waals surface area contributed by atoms with Gasteiger partial charge in [0.05, 0.1) is 6.54 Å². The van der Waals surface area contributed by atoms with Gasteiger partial charge in [0, 0.05) is 6.04 Å². The van der Waals surface area contributed by atoms with Crippen LogP contribution in [-0.4, -0.2) is 25.5 Å². The molecule has 13 heavy (non-hydrogen) atoms. The van der Waals surface area contributed by atoms with Gasteiger partial charge in [-0.3, -0.25) is 4.79 Å². The number of likely N-dealkylation sites (N-methyl/N-ethyl adjacent to an activating group) is 1. The SMILES string of the molecule is CNCC(=O)N[C@H]1C[C@H]2CC[C@H]1C2. The van der Waals surface area contributed by atoms with E-state index in [1.54, 1.807) is 7.05 Å². The number of hydrogen-bond donors (Lipinski definition) is 2. The van der Waals surface area contributed by atoms with Gasteiger partial charge in [-0.2, -0.15) is 0 Å². The molecule has 74 valence electrons. The van der Waals surface area contributed by atoms with E-state index in [4.69, 9.17) is 0 Å². The third-order valence-electron chi connectivity index (χ3n) is 3.42. The zero-order valence-electron chi connectivity index (χ0n) is 8.18. The van der Waals surface area contributed by atoms with E-state index in [0.717, 1.165) is 11.8 Å². The quantitative estimate of drug-likeness (QED) is 0.667. The predicted molar refractivity (Wildman–Crippen MR) is 51.3 cm³/mol. The molecule has 0 radical (unpaired) electrons. The molecule has 0 heterocycles. The zero-order valence-corrected chi connectivity index (χ0v) is 8.18. The Morgan fingerprint density at radius 3 is 2.77 bits per heavy atom. The second-order valence-electron chi connectivity index (χ2n) is 4.38. The summed E-state index contributed by atoms with van der Waals surface area (Å²) in [5.74, 6) is 1.84. The molecule has 0 saturated heterocycles.